The van der Waals surface area contributed by atoms with Gasteiger partial charge in [-0.1, -0.05) is 57.4 Å². The van der Waals surface area contributed by atoms with E-state index in [0.717, 1.165) is 12.8 Å². The molecule has 17 heavy (non-hydrogen) atoms. The molecule has 2 heteroatoms. The van der Waals surface area contributed by atoms with E-state index in [9.17, 15) is 4.79 Å². The summed E-state index contributed by atoms with van der Waals surface area (Å²) in [6.45, 7) is 0.586. The van der Waals surface area contributed by atoms with Crippen molar-refractivity contribution >= 4 is 5.97 Å². The molecule has 1 aliphatic rings. The minimum atomic E-state index is -0.169. The van der Waals surface area contributed by atoms with Crippen molar-refractivity contribution in [2.45, 2.75) is 70.6 Å². The number of carbonyl (C=O) groups excluding carboxylic acids is 1. The van der Waals surface area contributed by atoms with Crippen molar-refractivity contribution < 1.29 is 9.53 Å². The lowest BCUT2D eigenvalue weighted by Gasteiger charge is -2.04. The highest BCUT2D eigenvalue weighted by molar-refractivity contribution is 5.81. The monoisotopic (exact) mass is 238 g/mol. The molecule has 0 fully saturated rings. The Labute approximate surface area is 105 Å². The molecule has 0 radical (unpaired) electrons. The number of hydrogen-bond acceptors (Lipinski definition) is 2. The van der Waals surface area contributed by atoms with Crippen LogP contribution >= 0.6 is 0 Å². The van der Waals surface area contributed by atoms with Crippen molar-refractivity contribution in [1.82, 2.24) is 0 Å². The first-order valence-corrected chi connectivity index (χ1v) is 7.23. The lowest BCUT2D eigenvalue weighted by atomic mass is 10.1. The lowest BCUT2D eigenvalue weighted by Crippen LogP contribution is -2.02. The minimum Gasteiger partial charge on any atom is -0.463 e. The van der Waals surface area contributed by atoms with Gasteiger partial charge in [0.15, 0.2) is 0 Å². The second-order valence-electron chi connectivity index (χ2n) is 4.89. The van der Waals surface area contributed by atoms with Crippen LogP contribution in [0.4, 0.5) is 0 Å². The highest BCUT2D eigenvalue weighted by Gasteiger charge is 1.98. The summed E-state index contributed by atoms with van der Waals surface area (Å²) in [5.74, 6) is -0.169. The molecule has 0 aromatic rings. The van der Waals surface area contributed by atoms with Gasteiger partial charge < -0.3 is 4.74 Å². The molecule has 0 N–H and O–H groups in total. The molecule has 0 saturated heterocycles. The number of hydrogen-bond donors (Lipinski definition) is 0. The first-order valence-electron chi connectivity index (χ1n) is 7.23. The lowest BCUT2D eigenvalue weighted by molar-refractivity contribution is -0.137. The molecular weight excluding hydrogens is 212 g/mol. The van der Waals surface area contributed by atoms with E-state index in [2.05, 4.69) is 0 Å². The molecule has 0 aliphatic carbocycles. The Bertz CT molecular complexity index is 221. The fraction of sp³-hybridized carbons (Fsp3) is 0.800. The SMILES string of the molecule is O=C1/C=C\CCCCCCCCCCCCO1. The molecule has 0 spiro atoms. The number of rotatable bonds is 0. The second-order valence-corrected chi connectivity index (χ2v) is 4.89. The van der Waals surface area contributed by atoms with Crippen LogP contribution in [0.3, 0.4) is 0 Å². The third kappa shape index (κ3) is 8.96. The van der Waals surface area contributed by atoms with Gasteiger partial charge in [-0.15, -0.1) is 0 Å². The standard InChI is InChI=1S/C15H26O2/c16-15-13-11-9-7-5-3-1-2-4-6-8-10-12-14-17-15/h11,13H,1-10,12,14H2/b13-11-. The van der Waals surface area contributed by atoms with Gasteiger partial charge in [-0.2, -0.15) is 0 Å². The molecule has 1 rings (SSSR count). The summed E-state index contributed by atoms with van der Waals surface area (Å²) in [6.07, 6.45) is 17.4. The van der Waals surface area contributed by atoms with Crippen molar-refractivity contribution in [3.63, 3.8) is 0 Å². The number of esters is 1. The van der Waals surface area contributed by atoms with Crippen molar-refractivity contribution in [1.29, 1.82) is 0 Å². The van der Waals surface area contributed by atoms with Crippen molar-refractivity contribution in [3.05, 3.63) is 12.2 Å². The van der Waals surface area contributed by atoms with E-state index in [0.29, 0.717) is 6.61 Å². The van der Waals surface area contributed by atoms with Gasteiger partial charge in [0.05, 0.1) is 6.61 Å². The summed E-state index contributed by atoms with van der Waals surface area (Å²) in [5.41, 5.74) is 0. The van der Waals surface area contributed by atoms with Gasteiger partial charge in [0.1, 0.15) is 0 Å². The summed E-state index contributed by atoms with van der Waals surface area (Å²) in [7, 11) is 0. The highest BCUT2D eigenvalue weighted by atomic mass is 16.5. The van der Waals surface area contributed by atoms with E-state index in [1.807, 2.05) is 6.08 Å². The van der Waals surface area contributed by atoms with Crippen LogP contribution in [0.2, 0.25) is 0 Å². The molecule has 1 heterocycles. The van der Waals surface area contributed by atoms with Crippen molar-refractivity contribution in [3.8, 4) is 0 Å². The Morgan fingerprint density at radius 2 is 1.29 bits per heavy atom. The van der Waals surface area contributed by atoms with Gasteiger partial charge >= 0.3 is 5.97 Å². The van der Waals surface area contributed by atoms with Crippen LogP contribution in [0, 0.1) is 0 Å². The first-order chi connectivity index (χ1) is 8.39. The molecule has 0 bridgehead atoms. The predicted molar refractivity (Wildman–Crippen MR) is 70.9 cm³/mol. The average Bonchev–Trinajstić information content (AvgIpc) is 2.32. The van der Waals surface area contributed by atoms with E-state index in [4.69, 9.17) is 4.74 Å². The smallest absolute Gasteiger partial charge is 0.330 e. The Morgan fingerprint density at radius 1 is 0.765 bits per heavy atom. The number of allylic oxidation sites excluding steroid dienone is 1. The van der Waals surface area contributed by atoms with Gasteiger partial charge in [0, 0.05) is 6.08 Å². The van der Waals surface area contributed by atoms with Gasteiger partial charge in [0.2, 0.25) is 0 Å². The van der Waals surface area contributed by atoms with Crippen LogP contribution in [-0.4, -0.2) is 12.6 Å². The zero-order valence-electron chi connectivity index (χ0n) is 11.0. The maximum atomic E-state index is 11.3. The van der Waals surface area contributed by atoms with Crippen LogP contribution in [0.25, 0.3) is 0 Å². The summed E-state index contributed by atoms with van der Waals surface area (Å²) in [5, 5.41) is 0. The van der Waals surface area contributed by atoms with Crippen LogP contribution in [-0.2, 0) is 9.53 Å². The summed E-state index contributed by atoms with van der Waals surface area (Å²) in [6, 6.07) is 0. The molecule has 2 nitrogen and oxygen atoms in total. The molecule has 98 valence electrons. The third-order valence-electron chi connectivity index (χ3n) is 3.26. The van der Waals surface area contributed by atoms with Crippen LogP contribution in [0.1, 0.15) is 70.6 Å². The summed E-state index contributed by atoms with van der Waals surface area (Å²) < 4.78 is 5.12. The van der Waals surface area contributed by atoms with Gasteiger partial charge in [-0.05, 0) is 19.3 Å². The van der Waals surface area contributed by atoms with Crippen molar-refractivity contribution in [2.75, 3.05) is 6.61 Å². The normalized spacial score (nSPS) is 23.9. The maximum Gasteiger partial charge on any atom is 0.330 e. The van der Waals surface area contributed by atoms with E-state index >= 15 is 0 Å². The summed E-state index contributed by atoms with van der Waals surface area (Å²) >= 11 is 0. The quantitative estimate of drug-likeness (QED) is 0.585. The average molecular weight is 238 g/mol. The third-order valence-corrected chi connectivity index (χ3v) is 3.26. The molecule has 0 aromatic heterocycles. The van der Waals surface area contributed by atoms with E-state index in [1.165, 1.54) is 57.8 Å². The van der Waals surface area contributed by atoms with E-state index < -0.39 is 0 Å². The first kappa shape index (κ1) is 14.3. The Morgan fingerprint density at radius 3 is 1.94 bits per heavy atom. The summed E-state index contributed by atoms with van der Waals surface area (Å²) in [4.78, 5) is 11.3. The highest BCUT2D eigenvalue weighted by Crippen LogP contribution is 2.12. The zero-order chi connectivity index (χ0) is 12.2. The molecule has 0 amide bonds. The number of cyclic esters (lactones) is 1. The Kier molecular flexibility index (Phi) is 8.71. The molecule has 1 aliphatic heterocycles. The van der Waals surface area contributed by atoms with Crippen LogP contribution in [0.5, 0.6) is 0 Å². The number of carbonyl (C=O) groups is 1. The minimum absolute atomic E-state index is 0.169. The van der Waals surface area contributed by atoms with Gasteiger partial charge in [-0.25, -0.2) is 4.79 Å². The fourth-order valence-electron chi connectivity index (χ4n) is 2.18. The zero-order valence-corrected chi connectivity index (χ0v) is 11.0. The predicted octanol–water partition coefficient (Wildman–Crippen LogP) is 4.39. The molecule has 0 unspecified atom stereocenters. The van der Waals surface area contributed by atoms with E-state index in [-0.39, 0.29) is 5.97 Å². The Hall–Kier alpha value is -0.790. The van der Waals surface area contributed by atoms with Crippen molar-refractivity contribution in [2.24, 2.45) is 0 Å². The Balaban J connectivity index is 2.20. The topological polar surface area (TPSA) is 26.3 Å². The van der Waals surface area contributed by atoms with Crippen LogP contribution < -0.4 is 0 Å². The molecule has 0 atom stereocenters. The number of ether oxygens (including phenoxy) is 1. The van der Waals surface area contributed by atoms with Gasteiger partial charge in [0.25, 0.3) is 0 Å². The van der Waals surface area contributed by atoms with Crippen LogP contribution in [0.15, 0.2) is 12.2 Å². The maximum absolute atomic E-state index is 11.3. The van der Waals surface area contributed by atoms with Gasteiger partial charge in [-0.3, -0.25) is 0 Å². The molecule has 0 aromatic carbocycles. The largest absolute Gasteiger partial charge is 0.463 e. The second kappa shape index (κ2) is 10.4. The fourth-order valence-corrected chi connectivity index (χ4v) is 2.18. The molecular formula is C15H26O2. The van der Waals surface area contributed by atoms with E-state index in [1.54, 1.807) is 6.08 Å². The molecule has 0 saturated carbocycles.